The van der Waals surface area contributed by atoms with E-state index < -0.39 is 0 Å². The fourth-order valence-electron chi connectivity index (χ4n) is 0.895. The van der Waals surface area contributed by atoms with Crippen LogP contribution in [0, 0.1) is 5.92 Å². The lowest BCUT2D eigenvalue weighted by Crippen LogP contribution is -2.26. The van der Waals surface area contributed by atoms with Crippen LogP contribution in [0.25, 0.3) is 0 Å². The molecule has 0 unspecified atom stereocenters. The summed E-state index contributed by atoms with van der Waals surface area (Å²) >= 11 is 0. The van der Waals surface area contributed by atoms with Crippen LogP contribution >= 0.6 is 0 Å². The summed E-state index contributed by atoms with van der Waals surface area (Å²) in [5.74, 6) is 0.753. The van der Waals surface area contributed by atoms with Crippen molar-refractivity contribution >= 4 is 0 Å². The molecule has 0 saturated carbocycles. The van der Waals surface area contributed by atoms with Crippen molar-refractivity contribution in [2.45, 2.75) is 13.8 Å². The normalized spacial score (nSPS) is 29.8. The minimum Gasteiger partial charge on any atom is -0.313 e. The molecule has 46 valence electrons. The molecule has 0 spiro atoms. The SMILES string of the molecule is CC1=CCNC[C@@H]1C. The van der Waals surface area contributed by atoms with Crippen molar-refractivity contribution in [2.24, 2.45) is 5.92 Å². The number of hydrogen-bond donors (Lipinski definition) is 1. The van der Waals surface area contributed by atoms with Gasteiger partial charge in [0.25, 0.3) is 0 Å². The van der Waals surface area contributed by atoms with Gasteiger partial charge in [-0.25, -0.2) is 0 Å². The zero-order valence-corrected chi connectivity index (χ0v) is 5.57. The van der Waals surface area contributed by atoms with E-state index in [4.69, 9.17) is 0 Å². The van der Waals surface area contributed by atoms with Crippen LogP contribution in [-0.2, 0) is 0 Å². The van der Waals surface area contributed by atoms with Crippen LogP contribution in [0.2, 0.25) is 0 Å². The number of nitrogens with one attached hydrogen (secondary N) is 1. The highest BCUT2D eigenvalue weighted by Gasteiger charge is 2.05. The summed E-state index contributed by atoms with van der Waals surface area (Å²) in [6.07, 6.45) is 2.26. The van der Waals surface area contributed by atoms with E-state index in [9.17, 15) is 0 Å². The van der Waals surface area contributed by atoms with Crippen LogP contribution in [0.5, 0.6) is 0 Å². The summed E-state index contributed by atoms with van der Waals surface area (Å²) < 4.78 is 0. The van der Waals surface area contributed by atoms with Crippen LogP contribution in [0.15, 0.2) is 11.6 Å². The largest absolute Gasteiger partial charge is 0.313 e. The van der Waals surface area contributed by atoms with Crippen molar-refractivity contribution in [3.8, 4) is 0 Å². The highest BCUT2D eigenvalue weighted by molar-refractivity contribution is 5.06. The highest BCUT2D eigenvalue weighted by Crippen LogP contribution is 2.09. The molecule has 1 nitrogen and oxygen atoms in total. The first-order valence-corrected chi connectivity index (χ1v) is 3.18. The third-order valence-electron chi connectivity index (χ3n) is 1.80. The van der Waals surface area contributed by atoms with Gasteiger partial charge in [0.1, 0.15) is 0 Å². The second kappa shape index (κ2) is 2.31. The van der Waals surface area contributed by atoms with Crippen molar-refractivity contribution in [2.75, 3.05) is 13.1 Å². The zero-order chi connectivity index (χ0) is 5.98. The van der Waals surface area contributed by atoms with Crippen molar-refractivity contribution in [3.63, 3.8) is 0 Å². The lowest BCUT2D eigenvalue weighted by Gasteiger charge is -2.17. The van der Waals surface area contributed by atoms with E-state index in [1.807, 2.05) is 0 Å². The van der Waals surface area contributed by atoms with Crippen LogP contribution < -0.4 is 5.32 Å². The standard InChI is InChI=1S/C7H13N/c1-6-3-4-8-5-7(6)2/h3,7-8H,4-5H2,1-2H3/t7-/m0/s1. The first-order chi connectivity index (χ1) is 3.80. The lowest BCUT2D eigenvalue weighted by atomic mass is 10.0. The maximum Gasteiger partial charge on any atom is 0.0137 e. The van der Waals surface area contributed by atoms with Crippen LogP contribution in [0.3, 0.4) is 0 Å². The average Bonchev–Trinajstić information content (AvgIpc) is 1.77. The Morgan fingerprint density at radius 3 is 2.88 bits per heavy atom. The molecule has 1 heterocycles. The van der Waals surface area contributed by atoms with E-state index in [1.54, 1.807) is 0 Å². The van der Waals surface area contributed by atoms with Crippen molar-refractivity contribution in [1.29, 1.82) is 0 Å². The Kier molecular flexibility index (Phi) is 1.69. The number of hydrogen-bond acceptors (Lipinski definition) is 1. The second-order valence-corrected chi connectivity index (χ2v) is 2.51. The van der Waals surface area contributed by atoms with Gasteiger partial charge in [0.05, 0.1) is 0 Å². The van der Waals surface area contributed by atoms with Gasteiger partial charge < -0.3 is 5.32 Å². The average molecular weight is 111 g/mol. The molecule has 1 N–H and O–H groups in total. The molecule has 0 fully saturated rings. The van der Waals surface area contributed by atoms with Crippen LogP contribution in [0.1, 0.15) is 13.8 Å². The molecule has 0 aromatic heterocycles. The van der Waals surface area contributed by atoms with Gasteiger partial charge in [0, 0.05) is 13.1 Å². The fourth-order valence-corrected chi connectivity index (χ4v) is 0.895. The van der Waals surface area contributed by atoms with Gasteiger partial charge in [-0.2, -0.15) is 0 Å². The molecule has 1 aliphatic heterocycles. The van der Waals surface area contributed by atoms with Crippen LogP contribution in [-0.4, -0.2) is 13.1 Å². The maximum absolute atomic E-state index is 3.29. The minimum absolute atomic E-state index is 0.753. The first kappa shape index (κ1) is 5.83. The molecule has 1 atom stereocenters. The van der Waals surface area contributed by atoms with Gasteiger partial charge in [-0.3, -0.25) is 0 Å². The molecular weight excluding hydrogens is 98.1 g/mol. The molecule has 1 rings (SSSR count). The summed E-state index contributed by atoms with van der Waals surface area (Å²) in [6.45, 7) is 6.67. The maximum atomic E-state index is 3.29. The molecule has 0 aromatic carbocycles. The van der Waals surface area contributed by atoms with E-state index in [-0.39, 0.29) is 0 Å². The van der Waals surface area contributed by atoms with Crippen molar-refractivity contribution in [1.82, 2.24) is 5.32 Å². The minimum atomic E-state index is 0.753. The molecule has 1 heteroatoms. The summed E-state index contributed by atoms with van der Waals surface area (Å²) in [5, 5.41) is 3.29. The lowest BCUT2D eigenvalue weighted by molar-refractivity contribution is 0.568. The molecule has 0 bridgehead atoms. The topological polar surface area (TPSA) is 12.0 Å². The third-order valence-corrected chi connectivity index (χ3v) is 1.80. The third kappa shape index (κ3) is 1.10. The molecule has 0 amide bonds. The summed E-state index contributed by atoms with van der Waals surface area (Å²) in [4.78, 5) is 0. The molecule has 8 heavy (non-hydrogen) atoms. The molecule has 0 aromatic rings. The molecular formula is C7H13N. The van der Waals surface area contributed by atoms with Gasteiger partial charge in [-0.1, -0.05) is 18.6 Å². The highest BCUT2D eigenvalue weighted by atomic mass is 14.9. The zero-order valence-electron chi connectivity index (χ0n) is 5.57. The Balaban J connectivity index is 2.53. The van der Waals surface area contributed by atoms with Gasteiger partial charge in [0.2, 0.25) is 0 Å². The van der Waals surface area contributed by atoms with Crippen LogP contribution in [0.4, 0.5) is 0 Å². The summed E-state index contributed by atoms with van der Waals surface area (Å²) in [6, 6.07) is 0. The van der Waals surface area contributed by atoms with Crippen molar-refractivity contribution in [3.05, 3.63) is 11.6 Å². The Bertz CT molecular complexity index is 105. The molecule has 1 aliphatic rings. The van der Waals surface area contributed by atoms with Gasteiger partial charge in [-0.05, 0) is 12.8 Å². The Labute approximate surface area is 50.8 Å². The van der Waals surface area contributed by atoms with E-state index in [2.05, 4.69) is 25.2 Å². The summed E-state index contributed by atoms with van der Waals surface area (Å²) in [5.41, 5.74) is 1.53. The van der Waals surface area contributed by atoms with E-state index >= 15 is 0 Å². The quantitative estimate of drug-likeness (QED) is 0.463. The monoisotopic (exact) mass is 111 g/mol. The van der Waals surface area contributed by atoms with Crippen molar-refractivity contribution < 1.29 is 0 Å². The molecule has 0 saturated heterocycles. The molecule has 0 radical (unpaired) electrons. The van der Waals surface area contributed by atoms with Gasteiger partial charge >= 0.3 is 0 Å². The predicted octanol–water partition coefficient (Wildman–Crippen LogP) is 1.17. The van der Waals surface area contributed by atoms with E-state index in [0.29, 0.717) is 0 Å². The van der Waals surface area contributed by atoms with Gasteiger partial charge in [-0.15, -0.1) is 0 Å². The van der Waals surface area contributed by atoms with E-state index in [0.717, 1.165) is 19.0 Å². The Morgan fingerprint density at radius 1 is 1.75 bits per heavy atom. The second-order valence-electron chi connectivity index (χ2n) is 2.51. The Morgan fingerprint density at radius 2 is 2.50 bits per heavy atom. The Hall–Kier alpha value is -0.300. The van der Waals surface area contributed by atoms with Gasteiger partial charge in [0.15, 0.2) is 0 Å². The predicted molar refractivity (Wildman–Crippen MR) is 35.8 cm³/mol. The number of rotatable bonds is 0. The first-order valence-electron chi connectivity index (χ1n) is 3.18. The smallest absolute Gasteiger partial charge is 0.0137 e. The van der Waals surface area contributed by atoms with E-state index in [1.165, 1.54) is 5.57 Å². The summed E-state index contributed by atoms with van der Waals surface area (Å²) in [7, 11) is 0. The molecule has 0 aliphatic carbocycles. The fraction of sp³-hybridized carbons (Fsp3) is 0.714.